The number of hydrogen-bond acceptors (Lipinski definition) is 2. The number of hydrogen-bond donors (Lipinski definition) is 1. The normalized spacial score (nSPS) is 25.2. The molecule has 17 heavy (non-hydrogen) atoms. The summed E-state index contributed by atoms with van der Waals surface area (Å²) in [4.78, 5) is 2.25. The maximum absolute atomic E-state index is 4.01. The van der Waals surface area contributed by atoms with Gasteiger partial charge in [0.2, 0.25) is 0 Å². The molecule has 0 saturated heterocycles. The molecule has 88 valence electrons. The lowest BCUT2D eigenvalue weighted by atomic mass is 10.1. The van der Waals surface area contributed by atoms with Crippen LogP contribution in [-0.4, -0.2) is 18.5 Å². The van der Waals surface area contributed by atoms with E-state index in [1.54, 1.807) is 0 Å². The van der Waals surface area contributed by atoms with Gasteiger partial charge in [0.25, 0.3) is 0 Å². The highest BCUT2D eigenvalue weighted by Crippen LogP contribution is 2.18. The van der Waals surface area contributed by atoms with E-state index in [0.29, 0.717) is 0 Å². The molecule has 1 aliphatic heterocycles. The first kappa shape index (κ1) is 11.7. The van der Waals surface area contributed by atoms with Crippen molar-refractivity contribution < 1.29 is 0 Å². The van der Waals surface area contributed by atoms with Crippen LogP contribution in [0.25, 0.3) is 0 Å². The van der Waals surface area contributed by atoms with E-state index in [0.717, 1.165) is 12.2 Å². The Kier molecular flexibility index (Phi) is 3.78. The number of nitrogens with zero attached hydrogens (tertiary/aromatic N) is 1. The van der Waals surface area contributed by atoms with Gasteiger partial charge >= 0.3 is 0 Å². The van der Waals surface area contributed by atoms with E-state index in [2.05, 4.69) is 60.3 Å². The third-order valence-corrected chi connectivity index (χ3v) is 2.82. The zero-order valence-electron chi connectivity index (χ0n) is 10.1. The van der Waals surface area contributed by atoms with Crippen molar-refractivity contribution in [3.05, 3.63) is 72.5 Å². The van der Waals surface area contributed by atoms with Crippen LogP contribution in [0, 0.1) is 0 Å². The van der Waals surface area contributed by atoms with Gasteiger partial charge in [0.15, 0.2) is 0 Å². The summed E-state index contributed by atoms with van der Waals surface area (Å²) in [5.74, 6) is 0. The first-order valence-electron chi connectivity index (χ1n) is 5.81. The van der Waals surface area contributed by atoms with E-state index >= 15 is 0 Å². The first-order valence-corrected chi connectivity index (χ1v) is 5.81. The van der Waals surface area contributed by atoms with Crippen LogP contribution in [-0.2, 0) is 0 Å². The van der Waals surface area contributed by atoms with Crippen LogP contribution in [0.2, 0.25) is 0 Å². The van der Waals surface area contributed by atoms with Crippen molar-refractivity contribution in [3.8, 4) is 0 Å². The van der Waals surface area contributed by atoms with E-state index in [1.165, 1.54) is 5.56 Å². The van der Waals surface area contributed by atoms with Crippen molar-refractivity contribution >= 4 is 0 Å². The molecule has 0 spiro atoms. The van der Waals surface area contributed by atoms with Gasteiger partial charge in [-0.25, -0.2) is 0 Å². The fraction of sp³-hybridized carbons (Fsp3) is 0.200. The molecule has 0 radical (unpaired) electrons. The molecule has 0 amide bonds. The number of benzene rings is 1. The van der Waals surface area contributed by atoms with Gasteiger partial charge in [0, 0.05) is 12.2 Å². The minimum atomic E-state index is 0.163. The van der Waals surface area contributed by atoms with Crippen molar-refractivity contribution in [3.63, 3.8) is 0 Å². The van der Waals surface area contributed by atoms with Crippen LogP contribution in [0.1, 0.15) is 11.7 Å². The molecule has 2 heteroatoms. The summed E-state index contributed by atoms with van der Waals surface area (Å²) >= 11 is 0. The maximum Gasteiger partial charge on any atom is 0.106 e. The van der Waals surface area contributed by atoms with Crippen LogP contribution in [0.5, 0.6) is 0 Å². The Morgan fingerprint density at radius 3 is 2.76 bits per heavy atom. The van der Waals surface area contributed by atoms with E-state index in [4.69, 9.17) is 0 Å². The van der Waals surface area contributed by atoms with E-state index in [-0.39, 0.29) is 6.17 Å². The number of likely N-dealkylation sites (N-methyl/N-ethyl adjacent to an activating group) is 1. The Morgan fingerprint density at radius 1 is 1.24 bits per heavy atom. The summed E-state index contributed by atoms with van der Waals surface area (Å²) in [6, 6.07) is 10.4. The highest BCUT2D eigenvalue weighted by molar-refractivity contribution is 5.24. The third-order valence-electron chi connectivity index (χ3n) is 2.82. The third kappa shape index (κ3) is 3.08. The van der Waals surface area contributed by atoms with Crippen LogP contribution < -0.4 is 5.32 Å². The summed E-state index contributed by atoms with van der Waals surface area (Å²) in [7, 11) is 2.10. The van der Waals surface area contributed by atoms with Crippen molar-refractivity contribution in [2.45, 2.75) is 6.17 Å². The van der Waals surface area contributed by atoms with E-state index in [9.17, 15) is 0 Å². The molecule has 2 nitrogen and oxygen atoms in total. The molecule has 1 aromatic carbocycles. The fourth-order valence-electron chi connectivity index (χ4n) is 1.89. The Bertz CT molecular complexity index is 431. The molecule has 2 rings (SSSR count). The molecule has 0 saturated carbocycles. The van der Waals surface area contributed by atoms with Gasteiger partial charge < -0.3 is 5.32 Å². The summed E-state index contributed by atoms with van der Waals surface area (Å²) in [6.45, 7) is 4.92. The molecule has 1 unspecified atom stereocenters. The molecular formula is C15H18N2. The zero-order valence-corrected chi connectivity index (χ0v) is 10.1. The summed E-state index contributed by atoms with van der Waals surface area (Å²) in [5.41, 5.74) is 2.18. The molecule has 0 aliphatic carbocycles. The average molecular weight is 226 g/mol. The summed E-state index contributed by atoms with van der Waals surface area (Å²) in [6.07, 6.45) is 8.36. The van der Waals surface area contributed by atoms with E-state index in [1.807, 2.05) is 18.2 Å². The van der Waals surface area contributed by atoms with Crippen LogP contribution in [0.15, 0.2) is 66.9 Å². The standard InChI is InChI=1S/C15H18N2/c1-13-9-5-4-8-12-17(2)15(16-13)14-10-6-3-7-11-14/h3-11,15-16H,1,12H2,2H3/b8-4-,9-5-. The van der Waals surface area contributed by atoms with Crippen LogP contribution >= 0.6 is 0 Å². The second kappa shape index (κ2) is 5.51. The lowest BCUT2D eigenvalue weighted by molar-refractivity contribution is 0.243. The van der Waals surface area contributed by atoms with E-state index < -0.39 is 0 Å². The van der Waals surface area contributed by atoms with Gasteiger partial charge in [-0.05, 0) is 18.7 Å². The van der Waals surface area contributed by atoms with Gasteiger partial charge in [-0.3, -0.25) is 4.90 Å². The zero-order chi connectivity index (χ0) is 12.1. The summed E-state index contributed by atoms with van der Waals surface area (Å²) in [5, 5.41) is 3.43. The lowest BCUT2D eigenvalue weighted by Gasteiger charge is -2.29. The Morgan fingerprint density at radius 2 is 2.00 bits per heavy atom. The Labute approximate surface area is 103 Å². The number of nitrogens with one attached hydrogen (secondary N) is 1. The monoisotopic (exact) mass is 226 g/mol. The molecule has 0 fully saturated rings. The molecule has 0 aromatic heterocycles. The van der Waals surface area contributed by atoms with Crippen molar-refractivity contribution in [1.82, 2.24) is 10.2 Å². The molecule has 1 aromatic rings. The average Bonchev–Trinajstić information content (AvgIpc) is 2.43. The number of allylic oxidation sites excluding steroid dienone is 3. The minimum absolute atomic E-state index is 0.163. The predicted molar refractivity (Wildman–Crippen MR) is 72.4 cm³/mol. The van der Waals surface area contributed by atoms with Gasteiger partial charge in [-0.1, -0.05) is 55.1 Å². The molecular weight excluding hydrogens is 208 g/mol. The van der Waals surface area contributed by atoms with Crippen LogP contribution in [0.4, 0.5) is 0 Å². The first-order chi connectivity index (χ1) is 8.27. The Balaban J connectivity index is 2.26. The lowest BCUT2D eigenvalue weighted by Crippen LogP contribution is -2.34. The summed E-state index contributed by atoms with van der Waals surface area (Å²) < 4.78 is 0. The fourth-order valence-corrected chi connectivity index (χ4v) is 1.89. The predicted octanol–water partition coefficient (Wildman–Crippen LogP) is 2.85. The molecule has 0 bridgehead atoms. The molecule has 1 N–H and O–H groups in total. The SMILES string of the molecule is C=C1/C=C\C=C/CN(C)C(c2ccccc2)N1. The Hall–Kier alpha value is -1.80. The van der Waals surface area contributed by atoms with Crippen molar-refractivity contribution in [1.29, 1.82) is 0 Å². The molecule has 1 heterocycles. The van der Waals surface area contributed by atoms with Crippen molar-refractivity contribution in [2.75, 3.05) is 13.6 Å². The molecule has 1 aliphatic rings. The molecule has 1 atom stereocenters. The van der Waals surface area contributed by atoms with Crippen molar-refractivity contribution in [2.24, 2.45) is 0 Å². The highest BCUT2D eigenvalue weighted by atomic mass is 15.2. The second-order valence-electron chi connectivity index (χ2n) is 4.21. The second-order valence-corrected chi connectivity index (χ2v) is 4.21. The smallest absolute Gasteiger partial charge is 0.106 e. The van der Waals surface area contributed by atoms with Gasteiger partial charge in [-0.2, -0.15) is 0 Å². The minimum Gasteiger partial charge on any atom is -0.366 e. The van der Waals surface area contributed by atoms with Gasteiger partial charge in [0.05, 0.1) is 0 Å². The topological polar surface area (TPSA) is 15.3 Å². The maximum atomic E-state index is 4.01. The van der Waals surface area contributed by atoms with Gasteiger partial charge in [0.1, 0.15) is 6.17 Å². The number of rotatable bonds is 1. The highest BCUT2D eigenvalue weighted by Gasteiger charge is 2.15. The largest absolute Gasteiger partial charge is 0.366 e. The van der Waals surface area contributed by atoms with Crippen LogP contribution in [0.3, 0.4) is 0 Å². The quantitative estimate of drug-likeness (QED) is 0.792. The van der Waals surface area contributed by atoms with Gasteiger partial charge in [-0.15, -0.1) is 0 Å².